The molecule has 4 heteroatoms. The normalized spacial score (nSPS) is 36.4. The maximum Gasteiger partial charge on any atom is 0.143 e. The summed E-state index contributed by atoms with van der Waals surface area (Å²) < 4.78 is 0. The molecule has 0 aromatic heterocycles. The Balaban J connectivity index is 1.45. The minimum absolute atomic E-state index is 0.297. The Labute approximate surface area is 123 Å². The Kier molecular flexibility index (Phi) is 4.43. The second-order valence-corrected chi connectivity index (χ2v) is 7.21. The van der Waals surface area contributed by atoms with Gasteiger partial charge < -0.3 is 9.80 Å². The van der Waals surface area contributed by atoms with Gasteiger partial charge in [0.1, 0.15) is 5.78 Å². The quantitative estimate of drug-likeness (QED) is 0.765. The molecule has 4 nitrogen and oxygen atoms in total. The lowest BCUT2D eigenvalue weighted by molar-refractivity contribution is -0.118. The number of carbonyl (C=O) groups is 1. The fourth-order valence-electron chi connectivity index (χ4n) is 4.46. The van der Waals surface area contributed by atoms with Crippen molar-refractivity contribution >= 4 is 5.78 Å². The van der Waals surface area contributed by atoms with E-state index in [1.54, 1.807) is 6.92 Å². The molecule has 0 N–H and O–H groups in total. The van der Waals surface area contributed by atoms with E-state index in [0.717, 1.165) is 44.1 Å². The van der Waals surface area contributed by atoms with Crippen LogP contribution in [0.5, 0.6) is 0 Å². The van der Waals surface area contributed by atoms with E-state index in [9.17, 15) is 4.79 Å². The van der Waals surface area contributed by atoms with Crippen molar-refractivity contribution in [2.75, 3.05) is 52.9 Å². The number of hydrogen-bond donors (Lipinski definition) is 0. The number of nitrogens with zero attached hydrogens (tertiary/aromatic N) is 3. The average molecular weight is 279 g/mol. The molecule has 114 valence electrons. The molecule has 1 saturated carbocycles. The number of ketones is 1. The molecular weight excluding hydrogens is 250 g/mol. The number of piperazine rings is 1. The van der Waals surface area contributed by atoms with E-state index in [4.69, 9.17) is 0 Å². The second kappa shape index (κ2) is 6.12. The molecule has 4 aliphatic rings. The van der Waals surface area contributed by atoms with E-state index in [1.807, 2.05) is 0 Å². The lowest BCUT2D eigenvalue weighted by Crippen LogP contribution is -2.54. The molecule has 0 amide bonds. The van der Waals surface area contributed by atoms with Crippen LogP contribution in [0.25, 0.3) is 0 Å². The number of carbonyl (C=O) groups excluding carboxylic acids is 1. The summed E-state index contributed by atoms with van der Waals surface area (Å²) in [5.74, 6) is 2.15. The summed E-state index contributed by atoms with van der Waals surface area (Å²) in [5.41, 5.74) is 0. The summed E-state index contributed by atoms with van der Waals surface area (Å²) in [6.07, 6.45) is 4.28. The van der Waals surface area contributed by atoms with Crippen LogP contribution in [0.1, 0.15) is 26.2 Å². The summed E-state index contributed by atoms with van der Waals surface area (Å²) >= 11 is 0. The zero-order valence-electron chi connectivity index (χ0n) is 13.1. The monoisotopic (exact) mass is 279 g/mol. The van der Waals surface area contributed by atoms with Crippen LogP contribution in [0.2, 0.25) is 0 Å². The van der Waals surface area contributed by atoms with Crippen molar-refractivity contribution in [3.8, 4) is 0 Å². The molecule has 3 heterocycles. The third kappa shape index (κ3) is 3.23. The van der Waals surface area contributed by atoms with Gasteiger partial charge >= 0.3 is 0 Å². The van der Waals surface area contributed by atoms with Gasteiger partial charge in [0.2, 0.25) is 0 Å². The molecule has 4 fully saturated rings. The van der Waals surface area contributed by atoms with E-state index in [2.05, 4.69) is 21.7 Å². The van der Waals surface area contributed by atoms with Crippen LogP contribution in [-0.2, 0) is 4.79 Å². The first-order valence-corrected chi connectivity index (χ1v) is 8.26. The smallest absolute Gasteiger partial charge is 0.143 e. The lowest BCUT2D eigenvalue weighted by atomic mass is 9.72. The van der Waals surface area contributed by atoms with Crippen molar-refractivity contribution in [2.45, 2.75) is 32.2 Å². The summed E-state index contributed by atoms with van der Waals surface area (Å²) in [6, 6.07) is 0.851. The molecule has 0 radical (unpaired) electrons. The molecule has 0 aromatic carbocycles. The number of rotatable bonds is 4. The minimum Gasteiger partial charge on any atom is -0.303 e. The summed E-state index contributed by atoms with van der Waals surface area (Å²) in [7, 11) is 2.30. The summed E-state index contributed by atoms with van der Waals surface area (Å²) in [5, 5.41) is 0. The Morgan fingerprint density at radius 3 is 2.35 bits per heavy atom. The van der Waals surface area contributed by atoms with Gasteiger partial charge in [-0.3, -0.25) is 9.69 Å². The number of Topliss-reactive ketones (excluding diaryl/α,β-unsaturated/α-hetero) is 1. The van der Waals surface area contributed by atoms with Crippen molar-refractivity contribution < 1.29 is 4.79 Å². The lowest BCUT2D eigenvalue weighted by Gasteiger charge is -2.50. The molecule has 3 saturated heterocycles. The second-order valence-electron chi connectivity index (χ2n) is 7.21. The van der Waals surface area contributed by atoms with Crippen LogP contribution in [0.3, 0.4) is 0 Å². The molecule has 3 atom stereocenters. The molecule has 2 bridgehead atoms. The van der Waals surface area contributed by atoms with Crippen LogP contribution >= 0.6 is 0 Å². The average Bonchev–Trinajstić information content (AvgIpc) is 2.42. The van der Waals surface area contributed by atoms with Gasteiger partial charge in [0.25, 0.3) is 0 Å². The number of piperidine rings is 2. The molecule has 0 spiro atoms. The van der Waals surface area contributed by atoms with Crippen LogP contribution in [0, 0.1) is 11.8 Å². The molecule has 3 aliphatic heterocycles. The molecule has 4 rings (SSSR count). The van der Waals surface area contributed by atoms with Gasteiger partial charge in [0, 0.05) is 45.3 Å². The van der Waals surface area contributed by atoms with E-state index >= 15 is 0 Å². The molecule has 20 heavy (non-hydrogen) atoms. The highest BCUT2D eigenvalue weighted by molar-refractivity contribution is 5.77. The molecule has 0 aromatic rings. The first-order valence-electron chi connectivity index (χ1n) is 8.26. The Hall–Kier alpha value is -0.450. The third-order valence-electron chi connectivity index (χ3n) is 5.66. The van der Waals surface area contributed by atoms with E-state index in [-0.39, 0.29) is 0 Å². The zero-order chi connectivity index (χ0) is 14.1. The van der Waals surface area contributed by atoms with Crippen molar-refractivity contribution in [3.63, 3.8) is 0 Å². The van der Waals surface area contributed by atoms with Crippen molar-refractivity contribution in [1.82, 2.24) is 14.7 Å². The topological polar surface area (TPSA) is 26.8 Å². The molecule has 0 unspecified atom stereocenters. The number of fused-ring (bicyclic) bond motifs is 3. The standard InChI is InChI=1S/C16H29N3O/c1-13(20)10-18-5-7-19(8-6-18)12-15-9-16-4-3-14(15)11-17(16)2/h14-16H,3-12H2,1-2H3/t14-,15-,16-/m0/s1. The Morgan fingerprint density at radius 1 is 1.10 bits per heavy atom. The predicted octanol–water partition coefficient (Wildman–Crippen LogP) is 0.923. The summed E-state index contributed by atoms with van der Waals surface area (Å²) in [6.45, 7) is 9.39. The van der Waals surface area contributed by atoms with Gasteiger partial charge in [-0.05, 0) is 45.1 Å². The first-order chi connectivity index (χ1) is 9.61. The van der Waals surface area contributed by atoms with Crippen LogP contribution in [-0.4, -0.2) is 79.4 Å². The van der Waals surface area contributed by atoms with Crippen molar-refractivity contribution in [2.24, 2.45) is 11.8 Å². The molecule has 1 aliphatic carbocycles. The summed E-state index contributed by atoms with van der Waals surface area (Å²) in [4.78, 5) is 18.7. The highest BCUT2D eigenvalue weighted by Crippen LogP contribution is 2.38. The SMILES string of the molecule is CC(=O)CN1CCN(C[C@@H]2C[C@@H]3CC[C@H]2CN3C)CC1. The minimum atomic E-state index is 0.297. The van der Waals surface area contributed by atoms with Gasteiger partial charge in [-0.1, -0.05) is 0 Å². The van der Waals surface area contributed by atoms with Crippen LogP contribution in [0.4, 0.5) is 0 Å². The van der Waals surface area contributed by atoms with Gasteiger partial charge in [-0.25, -0.2) is 0 Å². The maximum atomic E-state index is 11.2. The maximum absolute atomic E-state index is 11.2. The fourth-order valence-corrected chi connectivity index (χ4v) is 4.46. The van der Waals surface area contributed by atoms with Gasteiger partial charge in [-0.15, -0.1) is 0 Å². The fraction of sp³-hybridized carbons (Fsp3) is 0.938. The van der Waals surface area contributed by atoms with Crippen LogP contribution in [0.15, 0.2) is 0 Å². The van der Waals surface area contributed by atoms with Crippen molar-refractivity contribution in [1.29, 1.82) is 0 Å². The largest absolute Gasteiger partial charge is 0.303 e. The Bertz CT molecular complexity index is 352. The van der Waals surface area contributed by atoms with E-state index in [1.165, 1.54) is 32.4 Å². The van der Waals surface area contributed by atoms with Gasteiger partial charge in [-0.2, -0.15) is 0 Å². The zero-order valence-corrected chi connectivity index (χ0v) is 13.1. The highest BCUT2D eigenvalue weighted by Gasteiger charge is 2.39. The van der Waals surface area contributed by atoms with Gasteiger partial charge in [0.15, 0.2) is 0 Å². The van der Waals surface area contributed by atoms with Crippen molar-refractivity contribution in [3.05, 3.63) is 0 Å². The predicted molar refractivity (Wildman–Crippen MR) is 80.8 cm³/mol. The number of hydrogen-bond acceptors (Lipinski definition) is 4. The third-order valence-corrected chi connectivity index (χ3v) is 5.66. The Morgan fingerprint density at radius 2 is 1.80 bits per heavy atom. The van der Waals surface area contributed by atoms with Crippen LogP contribution < -0.4 is 0 Å². The highest BCUT2D eigenvalue weighted by atomic mass is 16.1. The van der Waals surface area contributed by atoms with Gasteiger partial charge in [0.05, 0.1) is 6.54 Å². The molecular formula is C16H29N3O. The van der Waals surface area contributed by atoms with E-state index in [0.29, 0.717) is 12.3 Å². The first kappa shape index (κ1) is 14.5. The van der Waals surface area contributed by atoms with E-state index < -0.39 is 0 Å².